The number of aryl methyl sites for hydroxylation is 2. The van der Waals surface area contributed by atoms with Crippen LogP contribution in [0.25, 0.3) is 0 Å². The number of piperazine rings is 1. The molecule has 3 rings (SSSR count). The SMILES string of the molecule is COc1cc(C)c(CN2CCN(Cc3noc(C)n3)CC2)cc1C(C)C. The Kier molecular flexibility index (Phi) is 5.94. The first-order chi connectivity index (χ1) is 12.5. The molecule has 0 unspecified atom stereocenters. The number of ether oxygens (including phenoxy) is 1. The van der Waals surface area contributed by atoms with Gasteiger partial charge in [-0.3, -0.25) is 9.80 Å². The lowest BCUT2D eigenvalue weighted by molar-refractivity contribution is 0.119. The monoisotopic (exact) mass is 358 g/mol. The number of methoxy groups -OCH3 is 1. The number of aromatic nitrogens is 2. The summed E-state index contributed by atoms with van der Waals surface area (Å²) in [7, 11) is 1.75. The van der Waals surface area contributed by atoms with Crippen molar-refractivity contribution in [3.63, 3.8) is 0 Å². The lowest BCUT2D eigenvalue weighted by Gasteiger charge is -2.34. The van der Waals surface area contributed by atoms with Crippen molar-refractivity contribution in [3.05, 3.63) is 40.5 Å². The Bertz CT molecular complexity index is 733. The quantitative estimate of drug-likeness (QED) is 0.791. The van der Waals surface area contributed by atoms with E-state index in [2.05, 4.69) is 52.8 Å². The Morgan fingerprint density at radius 2 is 1.73 bits per heavy atom. The molecule has 1 saturated heterocycles. The maximum absolute atomic E-state index is 5.57. The molecule has 1 aromatic heterocycles. The minimum Gasteiger partial charge on any atom is -0.496 e. The predicted molar refractivity (Wildman–Crippen MR) is 101 cm³/mol. The van der Waals surface area contributed by atoms with Gasteiger partial charge in [-0.15, -0.1) is 0 Å². The van der Waals surface area contributed by atoms with Gasteiger partial charge in [-0.25, -0.2) is 0 Å². The molecule has 26 heavy (non-hydrogen) atoms. The molecular formula is C20H30N4O2. The van der Waals surface area contributed by atoms with Gasteiger partial charge in [0.1, 0.15) is 5.75 Å². The van der Waals surface area contributed by atoms with Gasteiger partial charge < -0.3 is 9.26 Å². The first kappa shape index (κ1) is 18.9. The molecule has 1 fully saturated rings. The number of hydrogen-bond donors (Lipinski definition) is 0. The molecule has 1 aromatic carbocycles. The predicted octanol–water partition coefficient (Wildman–Crippen LogP) is 3.14. The van der Waals surface area contributed by atoms with Crippen molar-refractivity contribution >= 4 is 0 Å². The van der Waals surface area contributed by atoms with Crippen LogP contribution in [0.4, 0.5) is 0 Å². The molecule has 1 aliphatic heterocycles. The standard InChI is InChI=1S/C20H30N4O2/c1-14(2)18-11-17(15(3)10-19(18)25-5)12-23-6-8-24(9-7-23)13-20-21-16(4)26-22-20/h10-11,14H,6-9,12-13H2,1-5H3. The molecule has 1 aliphatic rings. The largest absolute Gasteiger partial charge is 0.496 e. The second-order valence-electron chi connectivity index (χ2n) is 7.46. The number of hydrogen-bond acceptors (Lipinski definition) is 6. The molecular weight excluding hydrogens is 328 g/mol. The van der Waals surface area contributed by atoms with Crippen LogP contribution in [0.3, 0.4) is 0 Å². The summed E-state index contributed by atoms with van der Waals surface area (Å²) >= 11 is 0. The van der Waals surface area contributed by atoms with E-state index < -0.39 is 0 Å². The molecule has 0 saturated carbocycles. The molecule has 6 heteroatoms. The maximum Gasteiger partial charge on any atom is 0.223 e. The lowest BCUT2D eigenvalue weighted by Crippen LogP contribution is -2.45. The third kappa shape index (κ3) is 4.43. The zero-order valence-electron chi connectivity index (χ0n) is 16.6. The van der Waals surface area contributed by atoms with Crippen LogP contribution in [0.1, 0.15) is 48.2 Å². The van der Waals surface area contributed by atoms with Crippen molar-refractivity contribution in [1.82, 2.24) is 19.9 Å². The van der Waals surface area contributed by atoms with Crippen molar-refractivity contribution < 1.29 is 9.26 Å². The van der Waals surface area contributed by atoms with Crippen LogP contribution in [-0.2, 0) is 13.1 Å². The summed E-state index contributed by atoms with van der Waals surface area (Å²) in [5, 5.41) is 4.00. The van der Waals surface area contributed by atoms with E-state index in [-0.39, 0.29) is 0 Å². The fraction of sp³-hybridized carbons (Fsp3) is 0.600. The maximum atomic E-state index is 5.57. The molecule has 0 amide bonds. The average Bonchev–Trinajstić information content (AvgIpc) is 3.02. The third-order valence-electron chi connectivity index (χ3n) is 5.10. The van der Waals surface area contributed by atoms with Crippen LogP contribution < -0.4 is 4.74 Å². The zero-order chi connectivity index (χ0) is 18.7. The van der Waals surface area contributed by atoms with Crippen LogP contribution in [-0.4, -0.2) is 53.2 Å². The van der Waals surface area contributed by atoms with E-state index in [4.69, 9.17) is 9.26 Å². The summed E-state index contributed by atoms with van der Waals surface area (Å²) in [6.07, 6.45) is 0. The summed E-state index contributed by atoms with van der Waals surface area (Å²) in [6.45, 7) is 14.4. The van der Waals surface area contributed by atoms with E-state index in [0.29, 0.717) is 11.8 Å². The molecule has 0 spiro atoms. The van der Waals surface area contributed by atoms with Crippen LogP contribution in [0.5, 0.6) is 5.75 Å². The van der Waals surface area contributed by atoms with Crippen LogP contribution >= 0.6 is 0 Å². The number of benzene rings is 1. The smallest absolute Gasteiger partial charge is 0.223 e. The van der Waals surface area contributed by atoms with Gasteiger partial charge in [0.05, 0.1) is 13.7 Å². The Balaban J connectivity index is 1.59. The van der Waals surface area contributed by atoms with Crippen LogP contribution in [0.15, 0.2) is 16.7 Å². The van der Waals surface area contributed by atoms with Gasteiger partial charge in [0.15, 0.2) is 5.82 Å². The first-order valence-corrected chi connectivity index (χ1v) is 9.37. The van der Waals surface area contributed by atoms with Crippen molar-refractivity contribution in [2.24, 2.45) is 0 Å². The second-order valence-corrected chi connectivity index (χ2v) is 7.46. The Hall–Kier alpha value is -1.92. The van der Waals surface area contributed by atoms with E-state index in [0.717, 1.165) is 50.8 Å². The summed E-state index contributed by atoms with van der Waals surface area (Å²) in [4.78, 5) is 9.22. The minimum absolute atomic E-state index is 0.458. The number of nitrogens with zero attached hydrogens (tertiary/aromatic N) is 4. The fourth-order valence-electron chi connectivity index (χ4n) is 3.50. The van der Waals surface area contributed by atoms with Crippen molar-refractivity contribution in [1.29, 1.82) is 0 Å². The minimum atomic E-state index is 0.458. The highest BCUT2D eigenvalue weighted by Gasteiger charge is 2.20. The Morgan fingerprint density at radius 1 is 1.08 bits per heavy atom. The molecule has 2 heterocycles. The molecule has 6 nitrogen and oxygen atoms in total. The highest BCUT2D eigenvalue weighted by molar-refractivity contribution is 5.43. The third-order valence-corrected chi connectivity index (χ3v) is 5.10. The van der Waals surface area contributed by atoms with Gasteiger partial charge in [-0.2, -0.15) is 4.98 Å². The first-order valence-electron chi connectivity index (χ1n) is 9.37. The van der Waals surface area contributed by atoms with Gasteiger partial charge in [0, 0.05) is 39.6 Å². The summed E-state index contributed by atoms with van der Waals surface area (Å²) in [5.41, 5.74) is 3.99. The van der Waals surface area contributed by atoms with Crippen molar-refractivity contribution in [2.75, 3.05) is 33.3 Å². The average molecular weight is 358 g/mol. The van der Waals surface area contributed by atoms with E-state index in [1.807, 2.05) is 6.92 Å². The van der Waals surface area contributed by atoms with E-state index >= 15 is 0 Å². The van der Waals surface area contributed by atoms with Crippen molar-refractivity contribution in [3.8, 4) is 5.75 Å². The molecule has 2 aromatic rings. The van der Waals surface area contributed by atoms with Crippen LogP contribution in [0.2, 0.25) is 0 Å². The van der Waals surface area contributed by atoms with Crippen molar-refractivity contribution in [2.45, 2.75) is 46.7 Å². The molecule has 0 atom stereocenters. The van der Waals surface area contributed by atoms with E-state index in [1.165, 1.54) is 16.7 Å². The van der Waals surface area contributed by atoms with Gasteiger partial charge in [-0.1, -0.05) is 25.1 Å². The highest BCUT2D eigenvalue weighted by Crippen LogP contribution is 2.30. The summed E-state index contributed by atoms with van der Waals surface area (Å²) < 4.78 is 10.6. The lowest BCUT2D eigenvalue weighted by atomic mass is 9.96. The molecule has 142 valence electrons. The van der Waals surface area contributed by atoms with Gasteiger partial charge in [-0.05, 0) is 35.6 Å². The fourth-order valence-corrected chi connectivity index (χ4v) is 3.50. The molecule has 0 aliphatic carbocycles. The highest BCUT2D eigenvalue weighted by atomic mass is 16.5. The van der Waals surface area contributed by atoms with Crippen LogP contribution in [0, 0.1) is 13.8 Å². The topological polar surface area (TPSA) is 54.6 Å². The Labute approximate surface area is 156 Å². The van der Waals surface area contributed by atoms with Gasteiger partial charge in [0.2, 0.25) is 5.89 Å². The molecule has 0 radical (unpaired) electrons. The van der Waals surface area contributed by atoms with E-state index in [1.54, 1.807) is 7.11 Å². The summed E-state index contributed by atoms with van der Waals surface area (Å²) in [5.74, 6) is 2.87. The molecule has 0 N–H and O–H groups in total. The Morgan fingerprint density at radius 3 is 2.27 bits per heavy atom. The van der Waals surface area contributed by atoms with Gasteiger partial charge >= 0.3 is 0 Å². The normalized spacial score (nSPS) is 16.4. The van der Waals surface area contributed by atoms with Gasteiger partial charge in [0.25, 0.3) is 0 Å². The second kappa shape index (κ2) is 8.18. The number of rotatable bonds is 6. The summed E-state index contributed by atoms with van der Waals surface area (Å²) in [6, 6.07) is 4.51. The molecule has 0 bridgehead atoms. The van der Waals surface area contributed by atoms with E-state index in [9.17, 15) is 0 Å². The zero-order valence-corrected chi connectivity index (χ0v) is 16.6.